The van der Waals surface area contributed by atoms with Gasteiger partial charge in [0.05, 0.1) is 11.1 Å². The average molecular weight is 308 g/mol. The van der Waals surface area contributed by atoms with Gasteiger partial charge in [-0.15, -0.1) is 0 Å². The van der Waals surface area contributed by atoms with Gasteiger partial charge in [-0.2, -0.15) is 0 Å². The lowest BCUT2D eigenvalue weighted by atomic mass is 10.0. The SMILES string of the molecule is Cc1cc(C(=O)NCc2ccccc2F)c2cccc(C)c2n1. The molecule has 23 heavy (non-hydrogen) atoms. The standard InChI is InChI=1S/C19H17FN2O/c1-12-6-5-8-15-16(10-13(2)22-18(12)15)19(23)21-11-14-7-3-4-9-17(14)20/h3-10H,11H2,1-2H3,(H,21,23). The number of nitrogens with zero attached hydrogens (tertiary/aromatic N) is 1. The minimum Gasteiger partial charge on any atom is -0.348 e. The van der Waals surface area contributed by atoms with Crippen molar-refractivity contribution >= 4 is 16.8 Å². The van der Waals surface area contributed by atoms with E-state index >= 15 is 0 Å². The van der Waals surface area contributed by atoms with E-state index in [4.69, 9.17) is 0 Å². The zero-order chi connectivity index (χ0) is 16.4. The van der Waals surface area contributed by atoms with Gasteiger partial charge in [-0.05, 0) is 31.5 Å². The lowest BCUT2D eigenvalue weighted by Crippen LogP contribution is -2.24. The number of para-hydroxylation sites is 1. The Hall–Kier alpha value is -2.75. The summed E-state index contributed by atoms with van der Waals surface area (Å²) in [7, 11) is 0. The van der Waals surface area contributed by atoms with Crippen LogP contribution < -0.4 is 5.32 Å². The molecule has 0 bridgehead atoms. The van der Waals surface area contributed by atoms with Crippen LogP contribution in [0.1, 0.15) is 27.2 Å². The first-order chi connectivity index (χ1) is 11.1. The number of aryl methyl sites for hydroxylation is 2. The fraction of sp³-hybridized carbons (Fsp3) is 0.158. The fourth-order valence-corrected chi connectivity index (χ4v) is 2.62. The Balaban J connectivity index is 1.92. The van der Waals surface area contributed by atoms with Gasteiger partial charge in [0, 0.05) is 23.2 Å². The maximum absolute atomic E-state index is 13.7. The molecule has 0 unspecified atom stereocenters. The summed E-state index contributed by atoms with van der Waals surface area (Å²) >= 11 is 0. The van der Waals surface area contributed by atoms with E-state index in [1.165, 1.54) is 6.07 Å². The van der Waals surface area contributed by atoms with Gasteiger partial charge in [0.1, 0.15) is 5.82 Å². The van der Waals surface area contributed by atoms with Crippen LogP contribution in [0.4, 0.5) is 4.39 Å². The molecule has 0 saturated carbocycles. The Bertz CT molecular complexity index is 890. The van der Waals surface area contributed by atoms with Crippen molar-refractivity contribution in [3.8, 4) is 0 Å². The number of fused-ring (bicyclic) bond motifs is 1. The Morgan fingerprint density at radius 1 is 1.13 bits per heavy atom. The van der Waals surface area contributed by atoms with Gasteiger partial charge in [0.2, 0.25) is 0 Å². The molecule has 116 valence electrons. The van der Waals surface area contributed by atoms with Crippen LogP contribution in [-0.2, 0) is 6.54 Å². The smallest absolute Gasteiger partial charge is 0.252 e. The number of carbonyl (C=O) groups excluding carboxylic acids is 1. The minimum atomic E-state index is -0.320. The number of pyridine rings is 1. The Morgan fingerprint density at radius 3 is 2.70 bits per heavy atom. The molecule has 0 fully saturated rings. The highest BCUT2D eigenvalue weighted by atomic mass is 19.1. The highest BCUT2D eigenvalue weighted by Gasteiger charge is 2.13. The third-order valence-corrected chi connectivity index (χ3v) is 3.81. The molecule has 0 spiro atoms. The molecule has 3 aromatic rings. The summed E-state index contributed by atoms with van der Waals surface area (Å²) in [6.45, 7) is 3.98. The maximum atomic E-state index is 13.7. The number of rotatable bonds is 3. The normalized spacial score (nSPS) is 10.7. The van der Waals surface area contributed by atoms with E-state index in [9.17, 15) is 9.18 Å². The lowest BCUT2D eigenvalue weighted by molar-refractivity contribution is 0.0952. The van der Waals surface area contributed by atoms with E-state index in [1.807, 2.05) is 32.0 Å². The highest BCUT2D eigenvalue weighted by Crippen LogP contribution is 2.21. The summed E-state index contributed by atoms with van der Waals surface area (Å²) in [5.74, 6) is -0.547. The van der Waals surface area contributed by atoms with E-state index in [0.717, 1.165) is 22.2 Å². The van der Waals surface area contributed by atoms with Crippen LogP contribution in [-0.4, -0.2) is 10.9 Å². The first kappa shape index (κ1) is 15.2. The van der Waals surface area contributed by atoms with Gasteiger partial charge in [0.15, 0.2) is 0 Å². The molecule has 1 amide bonds. The molecule has 1 aromatic heterocycles. The van der Waals surface area contributed by atoms with Crippen molar-refractivity contribution in [2.45, 2.75) is 20.4 Å². The summed E-state index contributed by atoms with van der Waals surface area (Å²) in [4.78, 5) is 17.1. The molecule has 3 nitrogen and oxygen atoms in total. The molecule has 1 heterocycles. The van der Waals surface area contributed by atoms with Gasteiger partial charge in [-0.25, -0.2) is 4.39 Å². The number of nitrogens with one attached hydrogen (secondary N) is 1. The van der Waals surface area contributed by atoms with Crippen LogP contribution in [0, 0.1) is 19.7 Å². The van der Waals surface area contributed by atoms with Crippen molar-refractivity contribution < 1.29 is 9.18 Å². The highest BCUT2D eigenvalue weighted by molar-refractivity contribution is 6.06. The predicted octanol–water partition coefficient (Wildman–Crippen LogP) is 3.92. The number of aromatic nitrogens is 1. The van der Waals surface area contributed by atoms with Crippen molar-refractivity contribution in [3.63, 3.8) is 0 Å². The molecular weight excluding hydrogens is 291 g/mol. The zero-order valence-electron chi connectivity index (χ0n) is 13.1. The summed E-state index contributed by atoms with van der Waals surface area (Å²) in [6, 6.07) is 13.9. The summed E-state index contributed by atoms with van der Waals surface area (Å²) in [5, 5.41) is 3.60. The lowest BCUT2D eigenvalue weighted by Gasteiger charge is -2.11. The largest absolute Gasteiger partial charge is 0.348 e. The van der Waals surface area contributed by atoms with Crippen LogP contribution in [0.25, 0.3) is 10.9 Å². The van der Waals surface area contributed by atoms with Crippen LogP contribution in [0.3, 0.4) is 0 Å². The van der Waals surface area contributed by atoms with Crippen molar-refractivity contribution in [2.24, 2.45) is 0 Å². The van der Waals surface area contributed by atoms with Crippen molar-refractivity contribution in [1.29, 1.82) is 0 Å². The summed E-state index contributed by atoms with van der Waals surface area (Å²) in [6.07, 6.45) is 0. The minimum absolute atomic E-state index is 0.153. The van der Waals surface area contributed by atoms with Crippen LogP contribution in [0.15, 0.2) is 48.5 Å². The molecule has 0 saturated heterocycles. The number of hydrogen-bond acceptors (Lipinski definition) is 2. The monoisotopic (exact) mass is 308 g/mol. The molecule has 0 radical (unpaired) electrons. The zero-order valence-corrected chi connectivity index (χ0v) is 13.1. The van der Waals surface area contributed by atoms with Gasteiger partial charge in [-0.1, -0.05) is 36.4 Å². The Morgan fingerprint density at radius 2 is 1.91 bits per heavy atom. The molecular formula is C19H17FN2O. The first-order valence-electron chi connectivity index (χ1n) is 7.45. The van der Waals surface area contributed by atoms with Crippen LogP contribution >= 0.6 is 0 Å². The van der Waals surface area contributed by atoms with Crippen LogP contribution in [0.5, 0.6) is 0 Å². The van der Waals surface area contributed by atoms with Crippen molar-refractivity contribution in [2.75, 3.05) is 0 Å². The first-order valence-corrected chi connectivity index (χ1v) is 7.45. The summed E-state index contributed by atoms with van der Waals surface area (Å²) in [5.41, 5.74) is 3.65. The Kier molecular flexibility index (Phi) is 4.06. The summed E-state index contributed by atoms with van der Waals surface area (Å²) < 4.78 is 13.7. The molecule has 2 aromatic carbocycles. The van der Waals surface area contributed by atoms with Gasteiger partial charge in [0.25, 0.3) is 5.91 Å². The van der Waals surface area contributed by atoms with E-state index in [-0.39, 0.29) is 18.3 Å². The topological polar surface area (TPSA) is 42.0 Å². The van der Waals surface area contributed by atoms with Gasteiger partial charge >= 0.3 is 0 Å². The second-order valence-electron chi connectivity index (χ2n) is 5.56. The van der Waals surface area contributed by atoms with E-state index in [2.05, 4.69) is 10.3 Å². The number of carbonyl (C=O) groups is 1. The third kappa shape index (κ3) is 3.06. The molecule has 4 heteroatoms. The number of benzene rings is 2. The maximum Gasteiger partial charge on any atom is 0.252 e. The van der Waals surface area contributed by atoms with E-state index in [1.54, 1.807) is 24.3 Å². The predicted molar refractivity (Wildman–Crippen MR) is 88.8 cm³/mol. The molecule has 0 atom stereocenters. The van der Waals surface area contributed by atoms with E-state index in [0.29, 0.717) is 11.1 Å². The van der Waals surface area contributed by atoms with Crippen molar-refractivity contribution in [1.82, 2.24) is 10.3 Å². The number of hydrogen-bond donors (Lipinski definition) is 1. The second kappa shape index (κ2) is 6.16. The molecule has 3 rings (SSSR count). The Labute approximate surface area is 134 Å². The molecule has 0 aliphatic rings. The van der Waals surface area contributed by atoms with E-state index < -0.39 is 0 Å². The number of halogens is 1. The molecule has 0 aliphatic heterocycles. The van der Waals surface area contributed by atoms with Crippen molar-refractivity contribution in [3.05, 3.63) is 76.7 Å². The molecule has 0 aliphatic carbocycles. The van der Waals surface area contributed by atoms with Gasteiger partial charge in [-0.3, -0.25) is 9.78 Å². The average Bonchev–Trinajstić information content (AvgIpc) is 2.54. The fourth-order valence-electron chi connectivity index (χ4n) is 2.62. The van der Waals surface area contributed by atoms with Gasteiger partial charge < -0.3 is 5.32 Å². The molecule has 1 N–H and O–H groups in total. The second-order valence-corrected chi connectivity index (χ2v) is 5.56. The third-order valence-electron chi connectivity index (χ3n) is 3.81. The number of amides is 1. The van der Waals surface area contributed by atoms with Crippen LogP contribution in [0.2, 0.25) is 0 Å². The quantitative estimate of drug-likeness (QED) is 0.797.